The highest BCUT2D eigenvalue weighted by Gasteiger charge is 2.36. The van der Waals surface area contributed by atoms with Crippen molar-refractivity contribution in [3.8, 4) is 23.0 Å². The molecule has 0 saturated heterocycles. The van der Waals surface area contributed by atoms with E-state index in [1.165, 1.54) is 14.2 Å². The van der Waals surface area contributed by atoms with Gasteiger partial charge in [-0.2, -0.15) is 13.2 Å². The molecule has 5 rings (SSSR count). The number of fused-ring (bicyclic) bond motifs is 2. The number of methoxy groups -OCH3 is 2. The number of nitrogens with one attached hydrogen (secondary N) is 1. The summed E-state index contributed by atoms with van der Waals surface area (Å²) >= 11 is 0.818. The van der Waals surface area contributed by atoms with Crippen LogP contribution >= 0.6 is 11.3 Å². The number of rotatable bonds is 7. The van der Waals surface area contributed by atoms with Gasteiger partial charge < -0.3 is 30.0 Å². The summed E-state index contributed by atoms with van der Waals surface area (Å²) in [5, 5.41) is 2.42. The van der Waals surface area contributed by atoms with Gasteiger partial charge in [-0.1, -0.05) is 12.1 Å². The number of nitrogens with two attached hydrogens (primary N) is 1. The monoisotopic (exact) mass is 545 g/mol. The van der Waals surface area contributed by atoms with Gasteiger partial charge in [-0.3, -0.25) is 4.79 Å². The highest BCUT2D eigenvalue weighted by atomic mass is 32.1. The van der Waals surface area contributed by atoms with Crippen LogP contribution in [0.15, 0.2) is 42.5 Å². The van der Waals surface area contributed by atoms with Gasteiger partial charge in [0.05, 0.1) is 25.5 Å². The van der Waals surface area contributed by atoms with E-state index in [0.29, 0.717) is 28.6 Å². The molecule has 198 valence electrons. The summed E-state index contributed by atoms with van der Waals surface area (Å²) in [6.45, 7) is 0.235. The predicted octanol–water partition coefficient (Wildman–Crippen LogP) is 5.16. The molecule has 0 radical (unpaired) electrons. The smallest absolute Gasteiger partial charge is 0.417 e. The Morgan fingerprint density at radius 2 is 1.79 bits per heavy atom. The summed E-state index contributed by atoms with van der Waals surface area (Å²) in [5.41, 5.74) is 6.47. The van der Waals surface area contributed by atoms with Gasteiger partial charge in [0, 0.05) is 24.0 Å². The zero-order valence-electron chi connectivity index (χ0n) is 20.3. The number of thiophene rings is 1. The van der Waals surface area contributed by atoms with Gasteiger partial charge in [0.2, 0.25) is 6.79 Å². The second kappa shape index (κ2) is 9.93. The van der Waals surface area contributed by atoms with E-state index in [2.05, 4.69) is 10.3 Å². The SMILES string of the molecule is COc1ccc(Cc2cc(C(F)(F)F)c3c(N)c(C(=O)NCc4ccc5c(c4)OCO5)sc3n2)cc1OC. The lowest BCUT2D eigenvalue weighted by atomic mass is 10.0. The first kappa shape index (κ1) is 25.5. The van der Waals surface area contributed by atoms with E-state index in [1.807, 2.05) is 0 Å². The second-order valence-electron chi connectivity index (χ2n) is 8.42. The number of nitrogens with zero attached hydrogens (tertiary/aromatic N) is 1. The molecule has 4 aromatic rings. The lowest BCUT2D eigenvalue weighted by Crippen LogP contribution is -2.22. The number of anilines is 1. The first-order valence-electron chi connectivity index (χ1n) is 11.3. The Morgan fingerprint density at radius 3 is 2.53 bits per heavy atom. The van der Waals surface area contributed by atoms with Crippen molar-refractivity contribution in [2.75, 3.05) is 26.7 Å². The molecule has 3 N–H and O–H groups in total. The zero-order chi connectivity index (χ0) is 27.0. The molecule has 0 fully saturated rings. The fraction of sp³-hybridized carbons (Fsp3) is 0.231. The minimum Gasteiger partial charge on any atom is -0.493 e. The van der Waals surface area contributed by atoms with Gasteiger partial charge in [-0.15, -0.1) is 11.3 Å². The maximum absolute atomic E-state index is 14.1. The first-order valence-corrected chi connectivity index (χ1v) is 12.2. The number of nitrogen functional groups attached to an aromatic ring is 1. The molecule has 0 saturated carbocycles. The van der Waals surface area contributed by atoms with Crippen molar-refractivity contribution >= 4 is 33.1 Å². The summed E-state index contributed by atoms with van der Waals surface area (Å²) in [6, 6.07) is 11.2. The van der Waals surface area contributed by atoms with Crippen molar-refractivity contribution < 1.29 is 36.9 Å². The normalized spacial score (nSPS) is 12.6. The number of hydrogen-bond donors (Lipinski definition) is 2. The average molecular weight is 546 g/mol. The Balaban J connectivity index is 1.45. The maximum atomic E-state index is 14.1. The molecule has 0 unspecified atom stereocenters. The molecule has 2 aromatic heterocycles. The minimum absolute atomic E-state index is 0.0287. The quantitative estimate of drug-likeness (QED) is 0.330. The van der Waals surface area contributed by atoms with Gasteiger partial charge in [0.15, 0.2) is 23.0 Å². The molecule has 38 heavy (non-hydrogen) atoms. The third-order valence-corrected chi connectivity index (χ3v) is 7.09. The fourth-order valence-corrected chi connectivity index (χ4v) is 5.22. The number of alkyl halides is 3. The van der Waals surface area contributed by atoms with Crippen molar-refractivity contribution in [1.29, 1.82) is 0 Å². The van der Waals surface area contributed by atoms with E-state index in [1.54, 1.807) is 36.4 Å². The van der Waals surface area contributed by atoms with Crippen LogP contribution in [0.2, 0.25) is 0 Å². The van der Waals surface area contributed by atoms with Crippen LogP contribution < -0.4 is 30.0 Å². The Labute approximate surface area is 219 Å². The summed E-state index contributed by atoms with van der Waals surface area (Å²) in [7, 11) is 2.97. The Morgan fingerprint density at radius 1 is 1.05 bits per heavy atom. The van der Waals surface area contributed by atoms with Gasteiger partial charge >= 0.3 is 6.18 Å². The molecule has 12 heteroatoms. The second-order valence-corrected chi connectivity index (χ2v) is 9.42. The topological polar surface area (TPSA) is 105 Å². The van der Waals surface area contributed by atoms with E-state index >= 15 is 0 Å². The molecule has 0 bridgehead atoms. The number of carbonyl (C=O) groups is 1. The van der Waals surface area contributed by atoms with Crippen LogP contribution in [-0.4, -0.2) is 31.9 Å². The predicted molar refractivity (Wildman–Crippen MR) is 135 cm³/mol. The van der Waals surface area contributed by atoms with Crippen molar-refractivity contribution in [3.63, 3.8) is 0 Å². The molecule has 3 heterocycles. The molecule has 0 atom stereocenters. The number of ether oxygens (including phenoxy) is 4. The van der Waals surface area contributed by atoms with Crippen LogP contribution in [0.25, 0.3) is 10.2 Å². The van der Waals surface area contributed by atoms with E-state index in [4.69, 9.17) is 24.7 Å². The maximum Gasteiger partial charge on any atom is 0.417 e. The highest BCUT2D eigenvalue weighted by molar-refractivity contribution is 7.21. The third-order valence-electron chi connectivity index (χ3n) is 5.99. The fourth-order valence-electron chi connectivity index (χ4n) is 4.17. The van der Waals surface area contributed by atoms with Crippen LogP contribution in [0.1, 0.15) is 32.1 Å². The third kappa shape index (κ3) is 4.86. The molecule has 1 aliphatic rings. The van der Waals surface area contributed by atoms with Gasteiger partial charge in [-0.05, 0) is 41.5 Å². The summed E-state index contributed by atoms with van der Waals surface area (Å²) in [4.78, 5) is 17.3. The number of halogens is 3. The van der Waals surface area contributed by atoms with Crippen LogP contribution in [-0.2, 0) is 19.1 Å². The van der Waals surface area contributed by atoms with Crippen LogP contribution in [0, 0.1) is 0 Å². The van der Waals surface area contributed by atoms with Gasteiger partial charge in [0.25, 0.3) is 5.91 Å². The molecule has 2 aromatic carbocycles. The van der Waals surface area contributed by atoms with Crippen molar-refractivity contribution in [3.05, 3.63) is 69.7 Å². The van der Waals surface area contributed by atoms with Crippen molar-refractivity contribution in [2.24, 2.45) is 0 Å². The highest BCUT2D eigenvalue weighted by Crippen LogP contribution is 2.42. The first-order chi connectivity index (χ1) is 18.2. The molecule has 0 aliphatic carbocycles. The number of aromatic nitrogens is 1. The van der Waals surface area contributed by atoms with E-state index in [-0.39, 0.29) is 46.2 Å². The summed E-state index contributed by atoms with van der Waals surface area (Å²) in [6.07, 6.45) is -4.61. The van der Waals surface area contributed by atoms with Gasteiger partial charge in [0.1, 0.15) is 9.71 Å². The number of benzene rings is 2. The van der Waals surface area contributed by atoms with Crippen LogP contribution in [0.3, 0.4) is 0 Å². The Bertz CT molecular complexity index is 1540. The standard InChI is InChI=1S/C26H22F3N3O5S/c1-34-17-5-3-13(8-19(17)35-2)7-15-10-16(26(27,28)29)21-22(30)23(38-25(21)32-15)24(33)31-11-14-4-6-18-20(9-14)37-12-36-18/h3-6,8-10H,7,11-12,30H2,1-2H3,(H,31,33). The van der Waals surface area contributed by atoms with Crippen LogP contribution in [0.5, 0.6) is 23.0 Å². The van der Waals surface area contributed by atoms with Crippen molar-refractivity contribution in [1.82, 2.24) is 10.3 Å². The van der Waals surface area contributed by atoms with E-state index < -0.39 is 17.6 Å². The molecular weight excluding hydrogens is 523 g/mol. The lowest BCUT2D eigenvalue weighted by molar-refractivity contribution is -0.136. The minimum atomic E-state index is -4.71. The van der Waals surface area contributed by atoms with E-state index in [9.17, 15) is 18.0 Å². The number of amides is 1. The summed E-state index contributed by atoms with van der Waals surface area (Å²) < 4.78 is 63.4. The number of hydrogen-bond acceptors (Lipinski definition) is 8. The van der Waals surface area contributed by atoms with Crippen LogP contribution in [0.4, 0.5) is 18.9 Å². The molecule has 8 nitrogen and oxygen atoms in total. The molecule has 1 aliphatic heterocycles. The zero-order valence-corrected chi connectivity index (χ0v) is 21.1. The van der Waals surface area contributed by atoms with Gasteiger partial charge in [-0.25, -0.2) is 4.98 Å². The summed E-state index contributed by atoms with van der Waals surface area (Å²) in [5.74, 6) is 1.50. The molecular formula is C26H22F3N3O5S. The molecule has 1 amide bonds. The largest absolute Gasteiger partial charge is 0.493 e. The average Bonchev–Trinajstić information content (AvgIpc) is 3.50. The lowest BCUT2D eigenvalue weighted by Gasteiger charge is -2.12. The number of pyridine rings is 1. The van der Waals surface area contributed by atoms with E-state index in [0.717, 1.165) is 23.0 Å². The van der Waals surface area contributed by atoms with Crippen molar-refractivity contribution in [2.45, 2.75) is 19.1 Å². The Kier molecular flexibility index (Phi) is 6.66. The number of carbonyl (C=O) groups excluding carboxylic acids is 1. The molecule has 0 spiro atoms. The Hall–Kier alpha value is -4.19.